The standard InChI is InChI=1S/C23H33N5O3/c29-21-9-13-27(23(31)19-6-7-19)12-3-4-18(8-11-25-21)22(30)28-16-14-26(15-17-28)20-5-1-2-10-24-20/h1-2,5,10,18-19H,3-4,6-9,11-17H2,(H,25,29). The lowest BCUT2D eigenvalue weighted by Crippen LogP contribution is -2.51. The number of hydrogen-bond acceptors (Lipinski definition) is 5. The number of piperazine rings is 1. The molecule has 3 heterocycles. The maximum atomic E-state index is 13.3. The highest BCUT2D eigenvalue weighted by Gasteiger charge is 2.34. The molecule has 0 radical (unpaired) electrons. The number of nitrogens with zero attached hydrogens (tertiary/aromatic N) is 4. The molecule has 1 aromatic rings. The van der Waals surface area contributed by atoms with Crippen LogP contribution in [0.3, 0.4) is 0 Å². The van der Waals surface area contributed by atoms with Crippen LogP contribution in [-0.2, 0) is 14.4 Å². The summed E-state index contributed by atoms with van der Waals surface area (Å²) in [5.74, 6) is 1.31. The lowest BCUT2D eigenvalue weighted by Gasteiger charge is -2.37. The SMILES string of the molecule is O=C1CCN(C(=O)C2CC2)CCCC(C(=O)N2CCN(c3ccccn3)CC2)CCN1. The van der Waals surface area contributed by atoms with E-state index in [0.717, 1.165) is 44.6 Å². The Kier molecular flexibility index (Phi) is 7.04. The summed E-state index contributed by atoms with van der Waals surface area (Å²) in [5.41, 5.74) is 0. The van der Waals surface area contributed by atoms with Crippen LogP contribution in [0.5, 0.6) is 0 Å². The number of nitrogens with one attached hydrogen (secondary N) is 1. The Hall–Kier alpha value is -2.64. The van der Waals surface area contributed by atoms with Crippen LogP contribution in [0, 0.1) is 11.8 Å². The van der Waals surface area contributed by atoms with Gasteiger partial charge in [0.15, 0.2) is 0 Å². The van der Waals surface area contributed by atoms with Gasteiger partial charge in [0, 0.05) is 70.3 Å². The van der Waals surface area contributed by atoms with E-state index < -0.39 is 0 Å². The number of pyridine rings is 1. The van der Waals surface area contributed by atoms with Gasteiger partial charge in [-0.05, 0) is 44.2 Å². The highest BCUT2D eigenvalue weighted by atomic mass is 16.2. The average molecular weight is 428 g/mol. The first-order valence-electron chi connectivity index (χ1n) is 11.6. The fourth-order valence-electron chi connectivity index (χ4n) is 4.51. The topological polar surface area (TPSA) is 85.9 Å². The minimum atomic E-state index is -0.113. The summed E-state index contributed by atoms with van der Waals surface area (Å²) in [6.07, 6.45) is 6.27. The molecule has 4 rings (SSSR count). The molecule has 1 N–H and O–H groups in total. The summed E-state index contributed by atoms with van der Waals surface area (Å²) >= 11 is 0. The third-order valence-electron chi connectivity index (χ3n) is 6.56. The molecule has 8 nitrogen and oxygen atoms in total. The maximum absolute atomic E-state index is 13.3. The molecule has 0 aromatic carbocycles. The van der Waals surface area contributed by atoms with Crippen LogP contribution in [0.25, 0.3) is 0 Å². The minimum Gasteiger partial charge on any atom is -0.356 e. The Balaban J connectivity index is 1.33. The molecule has 1 aromatic heterocycles. The number of carbonyl (C=O) groups excluding carboxylic acids is 3. The van der Waals surface area contributed by atoms with Gasteiger partial charge in [-0.1, -0.05) is 6.07 Å². The van der Waals surface area contributed by atoms with E-state index in [2.05, 4.69) is 15.2 Å². The van der Waals surface area contributed by atoms with Crippen LogP contribution in [-0.4, -0.2) is 78.3 Å². The zero-order valence-electron chi connectivity index (χ0n) is 18.2. The fraction of sp³-hybridized carbons (Fsp3) is 0.652. The fourth-order valence-corrected chi connectivity index (χ4v) is 4.51. The summed E-state index contributed by atoms with van der Waals surface area (Å²) in [7, 11) is 0. The van der Waals surface area contributed by atoms with Gasteiger partial charge in [0.05, 0.1) is 0 Å². The highest BCUT2D eigenvalue weighted by molar-refractivity contribution is 5.82. The van der Waals surface area contributed by atoms with Crippen molar-refractivity contribution in [3.63, 3.8) is 0 Å². The quantitative estimate of drug-likeness (QED) is 0.785. The Morgan fingerprint density at radius 2 is 1.58 bits per heavy atom. The summed E-state index contributed by atoms with van der Waals surface area (Å²) in [5, 5.41) is 2.94. The Morgan fingerprint density at radius 1 is 0.871 bits per heavy atom. The molecule has 0 bridgehead atoms. The molecule has 3 amide bonds. The number of rotatable bonds is 3. The van der Waals surface area contributed by atoms with Crippen molar-refractivity contribution < 1.29 is 14.4 Å². The van der Waals surface area contributed by atoms with Crippen molar-refractivity contribution in [3.8, 4) is 0 Å². The molecule has 2 saturated heterocycles. The monoisotopic (exact) mass is 427 g/mol. The van der Waals surface area contributed by atoms with Crippen molar-refractivity contribution in [2.24, 2.45) is 11.8 Å². The molecule has 3 fully saturated rings. The van der Waals surface area contributed by atoms with Gasteiger partial charge in [0.25, 0.3) is 0 Å². The molecule has 1 atom stereocenters. The van der Waals surface area contributed by atoms with E-state index in [4.69, 9.17) is 0 Å². The molecule has 3 aliphatic rings. The average Bonchev–Trinajstić information content (AvgIpc) is 3.65. The van der Waals surface area contributed by atoms with E-state index in [0.29, 0.717) is 45.6 Å². The second-order valence-electron chi connectivity index (χ2n) is 8.83. The van der Waals surface area contributed by atoms with E-state index in [1.807, 2.05) is 28.0 Å². The van der Waals surface area contributed by atoms with E-state index in [-0.39, 0.29) is 29.6 Å². The van der Waals surface area contributed by atoms with Crippen LogP contribution in [0.1, 0.15) is 38.5 Å². The van der Waals surface area contributed by atoms with Gasteiger partial charge in [-0.2, -0.15) is 0 Å². The second-order valence-corrected chi connectivity index (χ2v) is 8.83. The van der Waals surface area contributed by atoms with Gasteiger partial charge in [0.2, 0.25) is 17.7 Å². The van der Waals surface area contributed by atoms with Crippen molar-refractivity contribution >= 4 is 23.5 Å². The van der Waals surface area contributed by atoms with Crippen molar-refractivity contribution in [1.29, 1.82) is 0 Å². The third-order valence-corrected chi connectivity index (χ3v) is 6.56. The molecule has 2 aliphatic heterocycles. The van der Waals surface area contributed by atoms with Gasteiger partial charge in [-0.25, -0.2) is 4.98 Å². The Labute approximate surface area is 184 Å². The first kappa shape index (κ1) is 21.6. The normalized spacial score (nSPS) is 23.7. The zero-order valence-corrected chi connectivity index (χ0v) is 18.2. The number of amides is 3. The van der Waals surface area contributed by atoms with Crippen LogP contribution >= 0.6 is 0 Å². The summed E-state index contributed by atoms with van der Waals surface area (Å²) in [4.78, 5) is 48.4. The predicted octanol–water partition coefficient (Wildman–Crippen LogP) is 1.28. The lowest BCUT2D eigenvalue weighted by atomic mass is 9.97. The molecule has 0 spiro atoms. The van der Waals surface area contributed by atoms with E-state index >= 15 is 0 Å². The van der Waals surface area contributed by atoms with E-state index in [1.165, 1.54) is 0 Å². The molecule has 8 heteroatoms. The van der Waals surface area contributed by atoms with Gasteiger partial charge < -0.3 is 20.0 Å². The number of carbonyl (C=O) groups is 3. The number of aromatic nitrogens is 1. The molecule has 168 valence electrons. The van der Waals surface area contributed by atoms with E-state index in [9.17, 15) is 14.4 Å². The van der Waals surface area contributed by atoms with Gasteiger partial charge in [-0.3, -0.25) is 14.4 Å². The second kappa shape index (κ2) is 10.1. The first-order chi connectivity index (χ1) is 15.1. The van der Waals surface area contributed by atoms with Crippen LogP contribution < -0.4 is 10.2 Å². The summed E-state index contributed by atoms with van der Waals surface area (Å²) < 4.78 is 0. The van der Waals surface area contributed by atoms with Crippen molar-refractivity contribution in [3.05, 3.63) is 24.4 Å². The molecule has 1 aliphatic carbocycles. The largest absolute Gasteiger partial charge is 0.356 e. The predicted molar refractivity (Wildman–Crippen MR) is 117 cm³/mol. The smallest absolute Gasteiger partial charge is 0.225 e. The number of anilines is 1. The van der Waals surface area contributed by atoms with Crippen LogP contribution in [0.15, 0.2) is 24.4 Å². The molecular formula is C23H33N5O3. The lowest BCUT2D eigenvalue weighted by molar-refractivity contribution is -0.136. The molecule has 1 saturated carbocycles. The van der Waals surface area contributed by atoms with Crippen LogP contribution in [0.2, 0.25) is 0 Å². The molecule has 1 unspecified atom stereocenters. The van der Waals surface area contributed by atoms with Crippen molar-refractivity contribution in [1.82, 2.24) is 20.1 Å². The van der Waals surface area contributed by atoms with Gasteiger partial charge in [-0.15, -0.1) is 0 Å². The Bertz CT molecular complexity index is 775. The minimum absolute atomic E-state index is 0.0364. The Morgan fingerprint density at radius 3 is 2.26 bits per heavy atom. The maximum Gasteiger partial charge on any atom is 0.225 e. The van der Waals surface area contributed by atoms with Crippen LogP contribution in [0.4, 0.5) is 5.82 Å². The highest BCUT2D eigenvalue weighted by Crippen LogP contribution is 2.31. The van der Waals surface area contributed by atoms with E-state index in [1.54, 1.807) is 6.20 Å². The first-order valence-corrected chi connectivity index (χ1v) is 11.6. The van der Waals surface area contributed by atoms with Crippen molar-refractivity contribution in [2.75, 3.05) is 50.7 Å². The summed E-state index contributed by atoms with van der Waals surface area (Å²) in [6, 6.07) is 5.89. The third kappa shape index (κ3) is 5.74. The van der Waals surface area contributed by atoms with Gasteiger partial charge in [0.1, 0.15) is 5.82 Å². The van der Waals surface area contributed by atoms with Gasteiger partial charge >= 0.3 is 0 Å². The molecule has 31 heavy (non-hydrogen) atoms. The number of hydrogen-bond donors (Lipinski definition) is 1. The zero-order chi connectivity index (χ0) is 21.6. The summed E-state index contributed by atoms with van der Waals surface area (Å²) in [6.45, 7) is 4.55. The molecular weight excluding hydrogens is 394 g/mol. The van der Waals surface area contributed by atoms with Crippen molar-refractivity contribution in [2.45, 2.75) is 38.5 Å².